The smallest absolute Gasteiger partial charge is 0.314 e. The van der Waals surface area contributed by atoms with Crippen LogP contribution in [0.4, 0.5) is 0 Å². The van der Waals surface area contributed by atoms with Crippen molar-refractivity contribution in [3.05, 3.63) is 65.4 Å². The summed E-state index contributed by atoms with van der Waals surface area (Å²) in [5.41, 5.74) is 5.37. The minimum Gasteiger partial charge on any atom is -0.481 e. The third kappa shape index (κ3) is 2.54. The van der Waals surface area contributed by atoms with Crippen molar-refractivity contribution in [3.8, 4) is 22.5 Å². The molecule has 1 aliphatic carbocycles. The molecule has 0 atom stereocenters. The lowest BCUT2D eigenvalue weighted by atomic mass is 9.93. The van der Waals surface area contributed by atoms with Gasteiger partial charge < -0.3 is 9.63 Å². The fourth-order valence-electron chi connectivity index (χ4n) is 3.23. The number of hydrogen-bond acceptors (Lipinski definition) is 3. The van der Waals surface area contributed by atoms with Gasteiger partial charge in [0.2, 0.25) is 0 Å². The highest BCUT2D eigenvalue weighted by Gasteiger charge is 2.51. The normalized spacial score (nSPS) is 15.1. The van der Waals surface area contributed by atoms with E-state index >= 15 is 0 Å². The molecular formula is C21H19NO3. The summed E-state index contributed by atoms with van der Waals surface area (Å²) in [7, 11) is 0. The summed E-state index contributed by atoms with van der Waals surface area (Å²) in [5.74, 6) is 0.0823. The molecule has 25 heavy (non-hydrogen) atoms. The molecule has 0 aliphatic heterocycles. The maximum Gasteiger partial charge on any atom is 0.314 e. The van der Waals surface area contributed by atoms with Crippen LogP contribution in [-0.4, -0.2) is 16.2 Å². The standard InChI is InChI=1S/C21H19NO3/c1-13-14(2)22-25-19(13)17-5-3-15(4-6-17)16-7-9-18(10-8-16)21(11-12-21)20(23)24/h3-10H,11-12H2,1-2H3,(H,23,24). The number of hydrogen-bond donors (Lipinski definition) is 1. The van der Waals surface area contributed by atoms with Crippen molar-refractivity contribution in [1.82, 2.24) is 5.16 Å². The second kappa shape index (κ2) is 5.59. The second-order valence-electron chi connectivity index (χ2n) is 6.76. The fraction of sp³-hybridized carbons (Fsp3) is 0.238. The van der Waals surface area contributed by atoms with Crippen LogP contribution in [0.2, 0.25) is 0 Å². The van der Waals surface area contributed by atoms with Crippen molar-refractivity contribution in [3.63, 3.8) is 0 Å². The molecule has 3 aromatic rings. The van der Waals surface area contributed by atoms with E-state index in [2.05, 4.69) is 5.16 Å². The summed E-state index contributed by atoms with van der Waals surface area (Å²) in [4.78, 5) is 11.4. The van der Waals surface area contributed by atoms with Gasteiger partial charge in [-0.1, -0.05) is 53.7 Å². The van der Waals surface area contributed by atoms with E-state index in [1.807, 2.05) is 62.4 Å². The number of rotatable bonds is 4. The first-order valence-corrected chi connectivity index (χ1v) is 8.39. The van der Waals surface area contributed by atoms with E-state index in [1.165, 1.54) is 0 Å². The van der Waals surface area contributed by atoms with E-state index in [4.69, 9.17) is 4.52 Å². The van der Waals surface area contributed by atoms with Crippen LogP contribution in [-0.2, 0) is 10.2 Å². The summed E-state index contributed by atoms with van der Waals surface area (Å²) in [6, 6.07) is 16.0. The molecule has 1 aliphatic rings. The minimum atomic E-state index is -0.720. The van der Waals surface area contributed by atoms with E-state index in [0.717, 1.165) is 52.1 Å². The molecule has 1 fully saturated rings. The first-order valence-electron chi connectivity index (χ1n) is 8.39. The number of carboxylic acids is 1. The van der Waals surface area contributed by atoms with E-state index in [0.29, 0.717) is 0 Å². The zero-order chi connectivity index (χ0) is 17.6. The van der Waals surface area contributed by atoms with Crippen LogP contribution in [0.5, 0.6) is 0 Å². The molecule has 126 valence electrons. The molecule has 0 radical (unpaired) electrons. The molecule has 0 spiro atoms. The molecule has 2 aromatic carbocycles. The summed E-state index contributed by atoms with van der Waals surface area (Å²) < 4.78 is 5.40. The molecule has 1 saturated carbocycles. The maximum atomic E-state index is 11.4. The van der Waals surface area contributed by atoms with E-state index in [-0.39, 0.29) is 0 Å². The molecule has 0 unspecified atom stereocenters. The average Bonchev–Trinajstić information content (AvgIpc) is 3.38. The van der Waals surface area contributed by atoms with Crippen molar-refractivity contribution >= 4 is 5.97 Å². The third-order valence-corrected chi connectivity index (χ3v) is 5.23. The minimum absolute atomic E-state index is 0.649. The van der Waals surface area contributed by atoms with Gasteiger partial charge in [0.1, 0.15) is 0 Å². The van der Waals surface area contributed by atoms with Crippen LogP contribution in [0.1, 0.15) is 29.7 Å². The van der Waals surface area contributed by atoms with Gasteiger partial charge in [0.25, 0.3) is 0 Å². The lowest BCUT2D eigenvalue weighted by Crippen LogP contribution is -2.19. The summed E-state index contributed by atoms with van der Waals surface area (Å²) in [6.45, 7) is 3.94. The molecule has 4 rings (SSSR count). The average molecular weight is 333 g/mol. The maximum absolute atomic E-state index is 11.4. The van der Waals surface area contributed by atoms with Crippen LogP contribution in [0.3, 0.4) is 0 Å². The molecule has 4 heteroatoms. The van der Waals surface area contributed by atoms with Gasteiger partial charge in [-0.05, 0) is 43.4 Å². The topological polar surface area (TPSA) is 63.3 Å². The van der Waals surface area contributed by atoms with Crippen LogP contribution >= 0.6 is 0 Å². The Bertz CT molecular complexity index is 932. The lowest BCUT2D eigenvalue weighted by molar-refractivity contribution is -0.140. The molecular weight excluding hydrogens is 314 g/mol. The Kier molecular flexibility index (Phi) is 3.49. The Labute approximate surface area is 146 Å². The number of benzene rings is 2. The van der Waals surface area contributed by atoms with Gasteiger partial charge in [0, 0.05) is 11.1 Å². The number of aromatic nitrogens is 1. The van der Waals surface area contributed by atoms with Crippen LogP contribution < -0.4 is 0 Å². The van der Waals surface area contributed by atoms with Crippen molar-refractivity contribution in [2.45, 2.75) is 32.1 Å². The van der Waals surface area contributed by atoms with Crippen molar-refractivity contribution < 1.29 is 14.4 Å². The quantitative estimate of drug-likeness (QED) is 0.749. The highest BCUT2D eigenvalue weighted by Crippen LogP contribution is 2.48. The van der Waals surface area contributed by atoms with E-state index in [1.54, 1.807) is 0 Å². The molecule has 0 bridgehead atoms. The monoisotopic (exact) mass is 333 g/mol. The zero-order valence-electron chi connectivity index (χ0n) is 14.2. The highest BCUT2D eigenvalue weighted by molar-refractivity contribution is 5.85. The van der Waals surface area contributed by atoms with Gasteiger partial charge in [-0.15, -0.1) is 0 Å². The zero-order valence-corrected chi connectivity index (χ0v) is 14.2. The second-order valence-corrected chi connectivity index (χ2v) is 6.76. The van der Waals surface area contributed by atoms with Gasteiger partial charge in [-0.25, -0.2) is 0 Å². The van der Waals surface area contributed by atoms with Gasteiger partial charge in [-0.3, -0.25) is 4.79 Å². The molecule has 4 nitrogen and oxygen atoms in total. The number of carboxylic acid groups (broad SMARTS) is 1. The Morgan fingerprint density at radius 3 is 1.92 bits per heavy atom. The largest absolute Gasteiger partial charge is 0.481 e. The number of aliphatic carboxylic acids is 1. The first kappa shape index (κ1) is 15.6. The Balaban J connectivity index is 1.60. The molecule has 1 aromatic heterocycles. The third-order valence-electron chi connectivity index (χ3n) is 5.23. The summed E-state index contributed by atoms with van der Waals surface area (Å²) >= 11 is 0. The Morgan fingerprint density at radius 1 is 0.960 bits per heavy atom. The van der Waals surface area contributed by atoms with Crippen LogP contribution in [0.15, 0.2) is 53.1 Å². The molecule has 0 saturated heterocycles. The summed E-state index contributed by atoms with van der Waals surface area (Å²) in [6.07, 6.45) is 1.46. The van der Waals surface area contributed by atoms with E-state index < -0.39 is 11.4 Å². The SMILES string of the molecule is Cc1noc(-c2ccc(-c3ccc(C4(C(=O)O)CC4)cc3)cc2)c1C. The van der Waals surface area contributed by atoms with Gasteiger partial charge >= 0.3 is 5.97 Å². The van der Waals surface area contributed by atoms with Gasteiger partial charge in [0.15, 0.2) is 5.76 Å². The predicted molar refractivity (Wildman–Crippen MR) is 95.4 cm³/mol. The van der Waals surface area contributed by atoms with E-state index in [9.17, 15) is 9.90 Å². The lowest BCUT2D eigenvalue weighted by Gasteiger charge is -2.11. The number of nitrogens with zero attached hydrogens (tertiary/aromatic N) is 1. The van der Waals surface area contributed by atoms with Gasteiger partial charge in [-0.2, -0.15) is 0 Å². The summed E-state index contributed by atoms with van der Waals surface area (Å²) in [5, 5.41) is 13.4. The molecule has 0 amide bonds. The van der Waals surface area contributed by atoms with Crippen molar-refractivity contribution in [2.75, 3.05) is 0 Å². The van der Waals surface area contributed by atoms with Gasteiger partial charge in [0.05, 0.1) is 11.1 Å². The first-order chi connectivity index (χ1) is 12.0. The van der Waals surface area contributed by atoms with Crippen LogP contribution in [0, 0.1) is 13.8 Å². The Morgan fingerprint density at radius 2 is 1.48 bits per heavy atom. The highest BCUT2D eigenvalue weighted by atomic mass is 16.5. The molecule has 1 heterocycles. The molecule has 1 N–H and O–H groups in total. The number of aryl methyl sites for hydroxylation is 1. The van der Waals surface area contributed by atoms with Crippen molar-refractivity contribution in [1.29, 1.82) is 0 Å². The Hall–Kier alpha value is -2.88. The van der Waals surface area contributed by atoms with Crippen molar-refractivity contribution in [2.24, 2.45) is 0 Å². The fourth-order valence-corrected chi connectivity index (χ4v) is 3.23. The van der Waals surface area contributed by atoms with Crippen LogP contribution in [0.25, 0.3) is 22.5 Å². The number of carbonyl (C=O) groups is 1. The predicted octanol–water partition coefficient (Wildman–Crippen LogP) is 4.74.